The molecule has 5 nitrogen and oxygen atoms in total. The molecule has 0 spiro atoms. The topological polar surface area (TPSA) is 86.7 Å². The van der Waals surface area contributed by atoms with Crippen LogP contribution >= 0.6 is 0 Å². The van der Waals surface area contributed by atoms with E-state index < -0.39 is 9.73 Å². The zero-order valence-electron chi connectivity index (χ0n) is 7.46. The summed E-state index contributed by atoms with van der Waals surface area (Å²) in [5.74, 6) is 0.152. The fraction of sp³-hybridized carbons (Fsp3) is 0.429. The second-order valence-corrected chi connectivity index (χ2v) is 4.97. The fourth-order valence-electron chi connectivity index (χ4n) is 0.844. The van der Waals surface area contributed by atoms with Gasteiger partial charge in [0.25, 0.3) is 5.56 Å². The number of H-pyrrole nitrogens is 1. The maximum absolute atomic E-state index is 11.5. The van der Waals surface area contributed by atoms with Gasteiger partial charge in [-0.15, -0.1) is 0 Å². The lowest BCUT2D eigenvalue weighted by atomic mass is 10.5. The molecule has 1 rings (SSSR count). The van der Waals surface area contributed by atoms with Crippen molar-refractivity contribution in [1.29, 1.82) is 4.78 Å². The van der Waals surface area contributed by atoms with Crippen LogP contribution in [0.1, 0.15) is 12.6 Å². The van der Waals surface area contributed by atoms with Gasteiger partial charge in [-0.2, -0.15) is 0 Å². The van der Waals surface area contributed by atoms with Crippen molar-refractivity contribution in [2.75, 3.05) is 5.75 Å². The van der Waals surface area contributed by atoms with Gasteiger partial charge in [0.2, 0.25) is 5.16 Å². The van der Waals surface area contributed by atoms with Crippen molar-refractivity contribution in [3.63, 3.8) is 0 Å². The summed E-state index contributed by atoms with van der Waals surface area (Å²) in [4.78, 5) is 17.1. The van der Waals surface area contributed by atoms with Crippen molar-refractivity contribution in [2.24, 2.45) is 0 Å². The number of hydrogen-bond donors (Lipinski definition) is 2. The largest absolute Gasteiger partial charge is 0.299 e. The van der Waals surface area contributed by atoms with Crippen LogP contribution in [0.15, 0.2) is 16.0 Å². The summed E-state index contributed by atoms with van der Waals surface area (Å²) >= 11 is 0. The Kier molecular flexibility index (Phi) is 2.51. The van der Waals surface area contributed by atoms with E-state index in [2.05, 4.69) is 9.97 Å². The van der Waals surface area contributed by atoms with Gasteiger partial charge in [0.15, 0.2) is 0 Å². The Labute approximate surface area is 76.2 Å². The van der Waals surface area contributed by atoms with Gasteiger partial charge in [0.05, 0.1) is 0 Å². The van der Waals surface area contributed by atoms with E-state index in [1.165, 1.54) is 6.07 Å². The number of nitrogens with one attached hydrogen (secondary N) is 2. The summed E-state index contributed by atoms with van der Waals surface area (Å²) < 4.78 is 18.9. The molecule has 0 bridgehead atoms. The SMILES string of the molecule is CC[S@@](=N)(=O)c1nc(C)cc(=O)[nH]1. The molecule has 72 valence electrons. The highest BCUT2D eigenvalue weighted by molar-refractivity contribution is 7.92. The Morgan fingerprint density at radius 1 is 1.69 bits per heavy atom. The van der Waals surface area contributed by atoms with E-state index >= 15 is 0 Å². The molecule has 0 fully saturated rings. The quantitative estimate of drug-likeness (QED) is 0.683. The summed E-state index contributed by atoms with van der Waals surface area (Å²) in [5.41, 5.74) is 0.114. The molecular weight excluding hydrogens is 190 g/mol. The van der Waals surface area contributed by atoms with Crippen molar-refractivity contribution >= 4 is 9.73 Å². The molecule has 0 aliphatic heterocycles. The monoisotopic (exact) mass is 201 g/mol. The molecule has 6 heteroatoms. The zero-order chi connectivity index (χ0) is 10.1. The average Bonchev–Trinajstić information content (AvgIpc) is 2.02. The van der Waals surface area contributed by atoms with Crippen LogP contribution < -0.4 is 5.56 Å². The Bertz CT molecular complexity index is 461. The molecule has 1 heterocycles. The lowest BCUT2D eigenvalue weighted by molar-refractivity contribution is 0.665. The van der Waals surface area contributed by atoms with Crippen LogP contribution in [0.2, 0.25) is 0 Å². The van der Waals surface area contributed by atoms with Crippen LogP contribution in [-0.4, -0.2) is 19.9 Å². The first-order chi connectivity index (χ1) is 5.95. The van der Waals surface area contributed by atoms with E-state index in [9.17, 15) is 9.00 Å². The zero-order valence-corrected chi connectivity index (χ0v) is 8.27. The van der Waals surface area contributed by atoms with Gasteiger partial charge in [-0.1, -0.05) is 6.92 Å². The van der Waals surface area contributed by atoms with Crippen LogP contribution in [0.3, 0.4) is 0 Å². The predicted molar refractivity (Wildman–Crippen MR) is 49.3 cm³/mol. The van der Waals surface area contributed by atoms with E-state index in [-0.39, 0.29) is 16.5 Å². The van der Waals surface area contributed by atoms with Gasteiger partial charge < -0.3 is 0 Å². The molecule has 13 heavy (non-hydrogen) atoms. The minimum atomic E-state index is -2.91. The summed E-state index contributed by atoms with van der Waals surface area (Å²) in [7, 11) is -2.91. The van der Waals surface area contributed by atoms with Gasteiger partial charge in [0, 0.05) is 17.5 Å². The first-order valence-electron chi connectivity index (χ1n) is 3.80. The smallest absolute Gasteiger partial charge is 0.251 e. The molecule has 1 aromatic heterocycles. The molecule has 1 aromatic rings. The molecule has 0 amide bonds. The molecule has 0 radical (unpaired) electrons. The third-order valence-corrected chi connectivity index (χ3v) is 3.20. The van der Waals surface area contributed by atoms with E-state index in [1.54, 1.807) is 13.8 Å². The highest BCUT2D eigenvalue weighted by atomic mass is 32.2. The minimum absolute atomic E-state index is 0.0278. The number of rotatable bonds is 2. The van der Waals surface area contributed by atoms with Crippen LogP contribution in [-0.2, 0) is 9.73 Å². The summed E-state index contributed by atoms with van der Waals surface area (Å²) in [6.07, 6.45) is 0. The van der Waals surface area contributed by atoms with Crippen LogP contribution in [0.4, 0.5) is 0 Å². The lowest BCUT2D eigenvalue weighted by Crippen LogP contribution is -2.16. The Morgan fingerprint density at radius 3 is 2.77 bits per heavy atom. The molecule has 0 aromatic carbocycles. The van der Waals surface area contributed by atoms with Crippen LogP contribution in [0.25, 0.3) is 0 Å². The van der Waals surface area contributed by atoms with Crippen molar-refractivity contribution in [3.05, 3.63) is 22.1 Å². The Balaban J connectivity index is 3.40. The summed E-state index contributed by atoms with van der Waals surface area (Å²) in [6.45, 7) is 3.25. The minimum Gasteiger partial charge on any atom is -0.299 e. The number of aromatic amines is 1. The second kappa shape index (κ2) is 3.29. The van der Waals surface area contributed by atoms with Crippen molar-refractivity contribution in [1.82, 2.24) is 9.97 Å². The predicted octanol–water partition coefficient (Wildman–Crippen LogP) is 0.504. The highest BCUT2D eigenvalue weighted by Crippen LogP contribution is 2.03. The van der Waals surface area contributed by atoms with Gasteiger partial charge in [0.1, 0.15) is 9.73 Å². The van der Waals surface area contributed by atoms with Crippen molar-refractivity contribution < 1.29 is 4.21 Å². The number of hydrogen-bond acceptors (Lipinski definition) is 4. The summed E-state index contributed by atoms with van der Waals surface area (Å²) in [6, 6.07) is 1.30. The van der Waals surface area contributed by atoms with E-state index in [0.29, 0.717) is 5.69 Å². The first-order valence-corrected chi connectivity index (χ1v) is 5.53. The number of nitrogens with zero attached hydrogens (tertiary/aromatic N) is 1. The molecule has 0 saturated heterocycles. The lowest BCUT2D eigenvalue weighted by Gasteiger charge is -2.02. The molecular formula is C7H11N3O2S. The number of aromatic nitrogens is 2. The van der Waals surface area contributed by atoms with Gasteiger partial charge in [-0.25, -0.2) is 14.0 Å². The van der Waals surface area contributed by atoms with Crippen LogP contribution in [0, 0.1) is 11.7 Å². The van der Waals surface area contributed by atoms with E-state index in [1.807, 2.05) is 0 Å². The fourth-order valence-corrected chi connectivity index (χ4v) is 1.67. The van der Waals surface area contributed by atoms with E-state index in [4.69, 9.17) is 4.78 Å². The maximum atomic E-state index is 11.5. The summed E-state index contributed by atoms with van der Waals surface area (Å²) in [5, 5.41) is -0.0278. The molecule has 0 unspecified atom stereocenters. The van der Waals surface area contributed by atoms with Crippen LogP contribution in [0.5, 0.6) is 0 Å². The number of aryl methyl sites for hydroxylation is 1. The maximum Gasteiger partial charge on any atom is 0.251 e. The average molecular weight is 201 g/mol. The molecule has 0 saturated carbocycles. The van der Waals surface area contributed by atoms with Crippen molar-refractivity contribution in [2.45, 2.75) is 19.0 Å². The third kappa shape index (κ3) is 2.15. The third-order valence-electron chi connectivity index (χ3n) is 1.57. The second-order valence-electron chi connectivity index (χ2n) is 2.66. The normalized spacial score (nSPS) is 15.2. The van der Waals surface area contributed by atoms with Crippen molar-refractivity contribution in [3.8, 4) is 0 Å². The van der Waals surface area contributed by atoms with Gasteiger partial charge in [-0.3, -0.25) is 9.78 Å². The Morgan fingerprint density at radius 2 is 2.31 bits per heavy atom. The molecule has 1 atom stereocenters. The van der Waals surface area contributed by atoms with Gasteiger partial charge >= 0.3 is 0 Å². The Hall–Kier alpha value is -1.17. The van der Waals surface area contributed by atoms with E-state index in [0.717, 1.165) is 0 Å². The molecule has 0 aliphatic rings. The highest BCUT2D eigenvalue weighted by Gasteiger charge is 2.10. The molecule has 0 aliphatic carbocycles. The standard InChI is InChI=1S/C7H11N3O2S/c1-3-13(8,12)7-9-5(2)4-6(11)10-7/h4,8H,3H2,1-2H3,(H,9,10,11)/t13-/m1/s1. The van der Waals surface area contributed by atoms with Gasteiger partial charge in [-0.05, 0) is 6.92 Å². The molecule has 2 N–H and O–H groups in total. The first kappa shape index (κ1) is 9.91.